The van der Waals surface area contributed by atoms with Crippen LogP contribution in [0.15, 0.2) is 174 Å². The summed E-state index contributed by atoms with van der Waals surface area (Å²) in [7, 11) is 0. The van der Waals surface area contributed by atoms with Gasteiger partial charge >= 0.3 is 0 Å². The predicted molar refractivity (Wildman–Crippen MR) is 211 cm³/mol. The molecule has 8 aromatic carbocycles. The van der Waals surface area contributed by atoms with E-state index in [1.807, 2.05) is 0 Å². The van der Waals surface area contributed by atoms with E-state index >= 15 is 0 Å². The maximum atomic E-state index is 7.22. The maximum Gasteiger partial charge on any atom is 0.144 e. The highest BCUT2D eigenvalue weighted by molar-refractivity contribution is 6.23. The summed E-state index contributed by atoms with van der Waals surface area (Å²) in [5.41, 5.74) is 16.5. The van der Waals surface area contributed by atoms with Gasteiger partial charge in [0, 0.05) is 27.1 Å². The van der Waals surface area contributed by atoms with Gasteiger partial charge in [0.1, 0.15) is 11.2 Å². The lowest BCUT2D eigenvalue weighted by Crippen LogP contribution is -2.14. The van der Waals surface area contributed by atoms with Crippen LogP contribution in [0.25, 0.3) is 88.3 Å². The Bertz CT molecular complexity index is 2760. The molecule has 0 spiro atoms. The van der Waals surface area contributed by atoms with Crippen LogP contribution in [0.1, 0.15) is 25.0 Å². The minimum Gasteiger partial charge on any atom is -0.455 e. The zero-order chi connectivity index (χ0) is 33.4. The van der Waals surface area contributed by atoms with E-state index in [9.17, 15) is 0 Å². The molecule has 0 unspecified atom stereocenters. The van der Waals surface area contributed by atoms with Crippen LogP contribution in [-0.2, 0) is 5.41 Å². The summed E-state index contributed by atoms with van der Waals surface area (Å²) in [5, 5.41) is 4.58. The molecule has 0 aliphatic heterocycles. The van der Waals surface area contributed by atoms with E-state index in [-0.39, 0.29) is 5.41 Å². The van der Waals surface area contributed by atoms with Crippen molar-refractivity contribution >= 4 is 32.7 Å². The largest absolute Gasteiger partial charge is 0.455 e. The van der Waals surface area contributed by atoms with Crippen LogP contribution in [0.5, 0.6) is 0 Å². The molecule has 236 valence electrons. The molecule has 50 heavy (non-hydrogen) atoms. The Labute approximate surface area is 292 Å². The molecule has 1 heterocycles. The number of rotatable bonds is 4. The van der Waals surface area contributed by atoms with Gasteiger partial charge in [0.2, 0.25) is 0 Å². The quantitative estimate of drug-likeness (QED) is 0.187. The van der Waals surface area contributed by atoms with Crippen molar-refractivity contribution in [2.45, 2.75) is 19.3 Å². The number of hydrogen-bond acceptors (Lipinski definition) is 1. The van der Waals surface area contributed by atoms with Crippen LogP contribution < -0.4 is 0 Å². The Morgan fingerprint density at radius 2 is 1.06 bits per heavy atom. The molecule has 1 heteroatoms. The molecule has 9 aromatic rings. The lowest BCUT2D eigenvalue weighted by atomic mass is 9.80. The fourth-order valence-corrected chi connectivity index (χ4v) is 8.40. The predicted octanol–water partition coefficient (Wildman–Crippen LogP) is 13.7. The number of benzene rings is 8. The van der Waals surface area contributed by atoms with Crippen LogP contribution in [0.2, 0.25) is 0 Å². The first-order valence-electron chi connectivity index (χ1n) is 17.4. The average Bonchev–Trinajstić information content (AvgIpc) is 3.68. The van der Waals surface area contributed by atoms with Gasteiger partial charge in [0.15, 0.2) is 0 Å². The summed E-state index contributed by atoms with van der Waals surface area (Å²) in [6, 6.07) is 61.8. The molecule has 10 rings (SSSR count). The Morgan fingerprint density at radius 1 is 0.380 bits per heavy atom. The topological polar surface area (TPSA) is 13.1 Å². The van der Waals surface area contributed by atoms with Gasteiger partial charge in [-0.1, -0.05) is 159 Å². The monoisotopic (exact) mass is 638 g/mol. The first kappa shape index (κ1) is 28.8. The first-order chi connectivity index (χ1) is 24.6. The molecule has 1 aliphatic carbocycles. The Hall–Kier alpha value is -6.18. The van der Waals surface area contributed by atoms with Crippen molar-refractivity contribution in [1.29, 1.82) is 0 Å². The van der Waals surface area contributed by atoms with Crippen molar-refractivity contribution in [3.05, 3.63) is 181 Å². The number of hydrogen-bond donors (Lipinski definition) is 0. The highest BCUT2D eigenvalue weighted by atomic mass is 16.3. The van der Waals surface area contributed by atoms with E-state index in [1.165, 1.54) is 61.0 Å². The van der Waals surface area contributed by atoms with Crippen molar-refractivity contribution < 1.29 is 4.42 Å². The van der Waals surface area contributed by atoms with Crippen molar-refractivity contribution in [1.82, 2.24) is 0 Å². The van der Waals surface area contributed by atoms with Crippen LogP contribution in [0.4, 0.5) is 0 Å². The molecule has 0 bridgehead atoms. The molecule has 1 nitrogen and oxygen atoms in total. The molecule has 0 atom stereocenters. The van der Waals surface area contributed by atoms with Crippen LogP contribution >= 0.6 is 0 Å². The van der Waals surface area contributed by atoms with Crippen LogP contribution in [0.3, 0.4) is 0 Å². The fraction of sp³-hybridized carbons (Fsp3) is 0.0612. The Kier molecular flexibility index (Phi) is 6.29. The third kappa shape index (κ3) is 4.27. The Morgan fingerprint density at radius 3 is 1.90 bits per heavy atom. The lowest BCUT2D eigenvalue weighted by Gasteiger charge is -2.22. The maximum absolute atomic E-state index is 7.22. The summed E-state index contributed by atoms with van der Waals surface area (Å²) in [6.07, 6.45) is 0. The summed E-state index contributed by atoms with van der Waals surface area (Å²) < 4.78 is 7.22. The van der Waals surface area contributed by atoms with Crippen molar-refractivity contribution in [2.75, 3.05) is 0 Å². The third-order valence-electron chi connectivity index (χ3n) is 10.9. The minimum atomic E-state index is -0.115. The zero-order valence-electron chi connectivity index (χ0n) is 28.1. The van der Waals surface area contributed by atoms with Gasteiger partial charge in [0.05, 0.1) is 0 Å². The van der Waals surface area contributed by atoms with Gasteiger partial charge in [-0.2, -0.15) is 0 Å². The van der Waals surface area contributed by atoms with Gasteiger partial charge in [-0.25, -0.2) is 0 Å². The Balaban J connectivity index is 1.33. The molecule has 0 amide bonds. The summed E-state index contributed by atoms with van der Waals surface area (Å²) >= 11 is 0. The van der Waals surface area contributed by atoms with Crippen LogP contribution in [0, 0.1) is 0 Å². The first-order valence-corrected chi connectivity index (χ1v) is 17.4. The van der Waals surface area contributed by atoms with E-state index in [4.69, 9.17) is 4.42 Å². The van der Waals surface area contributed by atoms with E-state index in [1.54, 1.807) is 0 Å². The smallest absolute Gasteiger partial charge is 0.144 e. The third-order valence-corrected chi connectivity index (χ3v) is 10.9. The minimum absolute atomic E-state index is 0.115. The molecule has 0 radical (unpaired) electrons. The molecular weight excluding hydrogens is 605 g/mol. The van der Waals surface area contributed by atoms with E-state index in [0.717, 1.165) is 38.5 Å². The highest BCUT2D eigenvalue weighted by Gasteiger charge is 2.36. The van der Waals surface area contributed by atoms with Crippen LogP contribution in [-0.4, -0.2) is 0 Å². The second kappa shape index (κ2) is 10.9. The average molecular weight is 639 g/mol. The normalized spacial score (nSPS) is 13.2. The van der Waals surface area contributed by atoms with E-state index in [2.05, 4.69) is 184 Å². The van der Waals surface area contributed by atoms with Gasteiger partial charge in [0.25, 0.3) is 0 Å². The van der Waals surface area contributed by atoms with Crippen molar-refractivity contribution in [3.8, 4) is 55.6 Å². The lowest BCUT2D eigenvalue weighted by molar-refractivity contribution is 0.660. The van der Waals surface area contributed by atoms with Gasteiger partial charge < -0.3 is 4.42 Å². The number of furan rings is 1. The van der Waals surface area contributed by atoms with Gasteiger partial charge in [-0.15, -0.1) is 0 Å². The fourth-order valence-electron chi connectivity index (χ4n) is 8.40. The zero-order valence-corrected chi connectivity index (χ0v) is 28.1. The van der Waals surface area contributed by atoms with Crippen molar-refractivity contribution in [3.63, 3.8) is 0 Å². The van der Waals surface area contributed by atoms with Gasteiger partial charge in [-0.05, 0) is 90.8 Å². The SMILES string of the molecule is CC1(C)c2ccccc2-c2ccc(-c3c(-c4ccccc4)cc(-c4cccc(-c5ccccc5)c4)c4c3oc3c5ccccc5ccc34)cc21. The van der Waals surface area contributed by atoms with Gasteiger partial charge in [-0.3, -0.25) is 0 Å². The molecule has 0 fully saturated rings. The molecule has 1 aliphatic rings. The van der Waals surface area contributed by atoms with E-state index in [0.29, 0.717) is 0 Å². The van der Waals surface area contributed by atoms with E-state index < -0.39 is 0 Å². The molecular formula is C49H34O. The second-order valence-corrected chi connectivity index (χ2v) is 14.1. The highest BCUT2D eigenvalue weighted by Crippen LogP contribution is 2.52. The number of fused-ring (bicyclic) bond motifs is 8. The summed E-state index contributed by atoms with van der Waals surface area (Å²) in [5.74, 6) is 0. The van der Waals surface area contributed by atoms with Crippen molar-refractivity contribution in [2.24, 2.45) is 0 Å². The molecule has 0 saturated heterocycles. The second-order valence-electron chi connectivity index (χ2n) is 14.1. The standard InChI is InChI=1S/C49H34O/c1-49(2)43-23-12-11-22-38(43)39-26-25-36(29-44(39)49)45-41(32-16-7-4-8-17-32)30-42(35-20-13-19-34(28-35)31-14-5-3-6-15-31)46-40-27-24-33-18-9-10-21-37(33)47(40)50-48(45)46/h3-30H,1-2H3. The molecule has 0 N–H and O–H groups in total. The summed E-state index contributed by atoms with van der Waals surface area (Å²) in [6.45, 7) is 4.70. The molecule has 0 saturated carbocycles. The summed E-state index contributed by atoms with van der Waals surface area (Å²) in [4.78, 5) is 0. The molecule has 1 aromatic heterocycles.